The highest BCUT2D eigenvalue weighted by Crippen LogP contribution is 2.35. The van der Waals surface area contributed by atoms with Crippen LogP contribution >= 0.6 is 22.3 Å². The molecule has 2 aromatic heterocycles. The fraction of sp³-hybridized carbons (Fsp3) is 0.300. The number of hydrogen-bond acceptors (Lipinski definition) is 5. The number of aryl methyl sites for hydroxylation is 1. The van der Waals surface area contributed by atoms with Gasteiger partial charge in [-0.2, -0.15) is 0 Å². The van der Waals surface area contributed by atoms with E-state index in [0.29, 0.717) is 17.0 Å². The maximum Gasteiger partial charge on any atom is 0.407 e. The number of morpholine rings is 1. The number of pyridine rings is 1. The molecular formula is C20H18Cl2FN3O5S. The summed E-state index contributed by atoms with van der Waals surface area (Å²) in [5.74, 6) is -1.05. The topological polar surface area (TPSA) is 101 Å². The minimum atomic E-state index is -4.33. The van der Waals surface area contributed by atoms with Gasteiger partial charge in [-0.25, -0.2) is 22.6 Å². The summed E-state index contributed by atoms with van der Waals surface area (Å²) in [6, 6.07) is 5.65. The van der Waals surface area contributed by atoms with E-state index < -0.39 is 32.0 Å². The van der Waals surface area contributed by atoms with Gasteiger partial charge in [0.1, 0.15) is 16.4 Å². The highest BCUT2D eigenvalue weighted by atomic mass is 35.7. The summed E-state index contributed by atoms with van der Waals surface area (Å²) in [4.78, 5) is 16.5. The number of rotatable bonds is 4. The Balaban J connectivity index is 1.84. The molecule has 0 saturated carbocycles. The number of imidazole rings is 1. The van der Waals surface area contributed by atoms with Gasteiger partial charge in [-0.1, -0.05) is 11.6 Å². The average Bonchev–Trinajstić information content (AvgIpc) is 3.05. The summed E-state index contributed by atoms with van der Waals surface area (Å²) in [6.07, 6.45) is 0.591. The van der Waals surface area contributed by atoms with Crippen molar-refractivity contribution in [3.63, 3.8) is 0 Å². The smallest absolute Gasteiger partial charge is 0.407 e. The Morgan fingerprint density at radius 1 is 1.38 bits per heavy atom. The number of halogens is 3. The summed E-state index contributed by atoms with van der Waals surface area (Å²) in [5.41, 5.74) is 2.68. The Kier molecular flexibility index (Phi) is 6.06. The van der Waals surface area contributed by atoms with Crippen molar-refractivity contribution in [3.05, 3.63) is 52.6 Å². The Labute approximate surface area is 192 Å². The van der Waals surface area contributed by atoms with Crippen LogP contribution in [0.2, 0.25) is 5.02 Å². The summed E-state index contributed by atoms with van der Waals surface area (Å²) < 4.78 is 45.4. The van der Waals surface area contributed by atoms with Gasteiger partial charge in [0.2, 0.25) is 0 Å². The zero-order chi connectivity index (χ0) is 23.2. The van der Waals surface area contributed by atoms with Crippen LogP contribution in [0.3, 0.4) is 0 Å². The molecule has 1 saturated heterocycles. The number of hydrogen-bond donors (Lipinski definition) is 1. The summed E-state index contributed by atoms with van der Waals surface area (Å²) in [6.45, 7) is 2.59. The fourth-order valence-electron chi connectivity index (χ4n) is 3.74. The molecule has 0 bridgehead atoms. The van der Waals surface area contributed by atoms with E-state index in [0.717, 1.165) is 17.7 Å². The number of nitrogens with zero attached hydrogens (tertiary/aromatic N) is 3. The summed E-state index contributed by atoms with van der Waals surface area (Å²) in [5, 5.41) is 9.27. The van der Waals surface area contributed by atoms with Crippen LogP contribution in [0.25, 0.3) is 16.9 Å². The van der Waals surface area contributed by atoms with Crippen molar-refractivity contribution in [2.24, 2.45) is 0 Å². The van der Waals surface area contributed by atoms with E-state index in [1.807, 2.05) is 19.1 Å². The van der Waals surface area contributed by atoms with Crippen molar-refractivity contribution in [2.45, 2.75) is 24.3 Å². The highest BCUT2D eigenvalue weighted by Gasteiger charge is 2.28. The van der Waals surface area contributed by atoms with E-state index in [1.165, 1.54) is 4.90 Å². The third-order valence-electron chi connectivity index (χ3n) is 5.25. The maximum absolute atomic E-state index is 14.6. The molecule has 1 aliphatic heterocycles. The monoisotopic (exact) mass is 501 g/mol. The molecule has 1 amide bonds. The minimum Gasteiger partial charge on any atom is -0.465 e. The lowest BCUT2D eigenvalue weighted by molar-refractivity contribution is -0.0214. The molecule has 0 unspecified atom stereocenters. The zero-order valence-corrected chi connectivity index (χ0v) is 19.1. The van der Waals surface area contributed by atoms with E-state index >= 15 is 0 Å². The van der Waals surface area contributed by atoms with Crippen LogP contribution in [0.5, 0.6) is 0 Å². The molecule has 170 valence electrons. The molecule has 0 aliphatic carbocycles. The van der Waals surface area contributed by atoms with Gasteiger partial charge >= 0.3 is 6.09 Å². The molecule has 12 heteroatoms. The van der Waals surface area contributed by atoms with Gasteiger partial charge in [0.15, 0.2) is 0 Å². The van der Waals surface area contributed by atoms with E-state index in [1.54, 1.807) is 10.6 Å². The van der Waals surface area contributed by atoms with Gasteiger partial charge in [0.05, 0.1) is 35.7 Å². The van der Waals surface area contributed by atoms with Crippen molar-refractivity contribution in [2.75, 3.05) is 19.7 Å². The van der Waals surface area contributed by atoms with E-state index in [4.69, 9.17) is 27.0 Å². The van der Waals surface area contributed by atoms with Crippen LogP contribution in [0, 0.1) is 12.7 Å². The molecular weight excluding hydrogens is 484 g/mol. The maximum atomic E-state index is 14.6. The number of fused-ring (bicyclic) bond motifs is 1. The molecule has 1 aromatic carbocycles. The quantitative estimate of drug-likeness (QED) is 0.543. The average molecular weight is 502 g/mol. The standard InChI is InChI=1S/C20H18Cl2FN3O5S/c1-11-2-3-26-16(7-12-10-25(20(27)28)4-5-31-12)19(24-18(26)6-11)13-8-15(23)17(9-14(13)21)32(22,29)30/h2-3,6,8-9,12H,4-5,7,10H2,1H3,(H,27,28)/t12-/m0/s1. The van der Waals surface area contributed by atoms with Crippen LogP contribution < -0.4 is 0 Å². The predicted molar refractivity (Wildman–Crippen MR) is 116 cm³/mol. The normalized spacial score (nSPS) is 17.1. The molecule has 3 heterocycles. The van der Waals surface area contributed by atoms with Crippen molar-refractivity contribution < 1.29 is 27.4 Å². The molecule has 3 aromatic rings. The summed E-state index contributed by atoms with van der Waals surface area (Å²) in [7, 11) is 0.974. The lowest BCUT2D eigenvalue weighted by Crippen LogP contribution is -2.45. The van der Waals surface area contributed by atoms with Gasteiger partial charge in [-0.3, -0.25) is 0 Å². The van der Waals surface area contributed by atoms with E-state index in [2.05, 4.69) is 4.98 Å². The third kappa shape index (κ3) is 4.40. The van der Waals surface area contributed by atoms with Crippen molar-refractivity contribution in [3.8, 4) is 11.3 Å². The van der Waals surface area contributed by atoms with Gasteiger partial charge in [0.25, 0.3) is 9.05 Å². The van der Waals surface area contributed by atoms with Gasteiger partial charge in [-0.15, -0.1) is 0 Å². The van der Waals surface area contributed by atoms with Crippen LogP contribution in [0.15, 0.2) is 35.4 Å². The second-order valence-corrected chi connectivity index (χ2v) is 10.4. The second-order valence-electron chi connectivity index (χ2n) is 7.47. The first-order valence-corrected chi connectivity index (χ1v) is 12.2. The number of benzene rings is 1. The van der Waals surface area contributed by atoms with Gasteiger partial charge < -0.3 is 19.1 Å². The Morgan fingerprint density at radius 3 is 2.81 bits per heavy atom. The zero-order valence-electron chi connectivity index (χ0n) is 16.8. The summed E-state index contributed by atoms with van der Waals surface area (Å²) >= 11 is 6.32. The molecule has 1 aliphatic rings. The first-order chi connectivity index (χ1) is 15.0. The second kappa shape index (κ2) is 8.51. The largest absolute Gasteiger partial charge is 0.465 e. The predicted octanol–water partition coefficient (Wildman–Crippen LogP) is 3.95. The van der Waals surface area contributed by atoms with Gasteiger partial charge in [0, 0.05) is 35.4 Å². The molecule has 1 N–H and O–H groups in total. The van der Waals surface area contributed by atoms with Crippen molar-refractivity contribution >= 4 is 43.1 Å². The SMILES string of the molecule is Cc1ccn2c(C[C@H]3CN(C(=O)O)CCO3)c(-c3cc(F)c(S(=O)(=O)Cl)cc3Cl)nc2c1. The van der Waals surface area contributed by atoms with Crippen LogP contribution in [-0.4, -0.2) is 59.7 Å². The molecule has 4 rings (SSSR count). The first-order valence-electron chi connectivity index (χ1n) is 9.55. The third-order valence-corrected chi connectivity index (χ3v) is 6.90. The Hall–Kier alpha value is -2.40. The van der Waals surface area contributed by atoms with Crippen LogP contribution in [-0.2, 0) is 20.2 Å². The first kappa shape index (κ1) is 22.8. The number of carbonyl (C=O) groups is 1. The molecule has 1 fully saturated rings. The molecule has 1 atom stereocenters. The molecule has 8 nitrogen and oxygen atoms in total. The molecule has 32 heavy (non-hydrogen) atoms. The molecule has 0 spiro atoms. The number of aromatic nitrogens is 2. The van der Waals surface area contributed by atoms with E-state index in [-0.39, 0.29) is 36.7 Å². The van der Waals surface area contributed by atoms with Crippen LogP contribution in [0.4, 0.5) is 9.18 Å². The van der Waals surface area contributed by atoms with Crippen molar-refractivity contribution in [1.82, 2.24) is 14.3 Å². The highest BCUT2D eigenvalue weighted by molar-refractivity contribution is 8.13. The van der Waals surface area contributed by atoms with Crippen LogP contribution in [0.1, 0.15) is 11.3 Å². The Morgan fingerprint density at radius 2 is 2.12 bits per heavy atom. The minimum absolute atomic E-state index is 0.0382. The lowest BCUT2D eigenvalue weighted by atomic mass is 10.0. The number of carboxylic acid groups (broad SMARTS) is 1. The van der Waals surface area contributed by atoms with E-state index in [9.17, 15) is 22.7 Å². The van der Waals surface area contributed by atoms with Crippen molar-refractivity contribution in [1.29, 1.82) is 0 Å². The lowest BCUT2D eigenvalue weighted by Gasteiger charge is -2.31. The fourth-order valence-corrected chi connectivity index (χ4v) is 4.96. The molecule has 0 radical (unpaired) electrons. The Bertz CT molecular complexity index is 1330. The number of amides is 1. The number of ether oxygens (including phenoxy) is 1. The van der Waals surface area contributed by atoms with Gasteiger partial charge in [-0.05, 0) is 36.8 Å².